The lowest BCUT2D eigenvalue weighted by atomic mass is 9.93. The van der Waals surface area contributed by atoms with Crippen LogP contribution in [0.2, 0.25) is 0 Å². The van der Waals surface area contributed by atoms with E-state index in [1.54, 1.807) is 0 Å². The SMILES string of the molecule is O=C1/C(=C/c2cc(O)c(O)c(O)c2)CN(Cc2ccccc2)C/C1=C\c1cc(O)c(O)c(O)c1. The van der Waals surface area contributed by atoms with Crippen molar-refractivity contribution in [3.63, 3.8) is 0 Å². The van der Waals surface area contributed by atoms with Crippen LogP contribution < -0.4 is 0 Å². The van der Waals surface area contributed by atoms with Gasteiger partial charge in [-0.15, -0.1) is 0 Å². The van der Waals surface area contributed by atoms with Crippen molar-refractivity contribution in [3.8, 4) is 34.5 Å². The monoisotopic (exact) mass is 461 g/mol. The lowest BCUT2D eigenvalue weighted by Crippen LogP contribution is -2.37. The Morgan fingerprint density at radius 2 is 1.09 bits per heavy atom. The Labute approximate surface area is 195 Å². The van der Waals surface area contributed by atoms with Crippen molar-refractivity contribution in [1.29, 1.82) is 0 Å². The Morgan fingerprint density at radius 1 is 0.676 bits per heavy atom. The fourth-order valence-electron chi connectivity index (χ4n) is 3.88. The third-order valence-corrected chi connectivity index (χ3v) is 5.49. The van der Waals surface area contributed by atoms with Crippen molar-refractivity contribution < 1.29 is 35.4 Å². The molecule has 3 aromatic carbocycles. The van der Waals surface area contributed by atoms with E-state index in [-0.39, 0.29) is 5.78 Å². The highest BCUT2D eigenvalue weighted by Crippen LogP contribution is 2.38. The second-order valence-electron chi connectivity index (χ2n) is 8.11. The highest BCUT2D eigenvalue weighted by molar-refractivity contribution is 6.14. The van der Waals surface area contributed by atoms with Crippen molar-refractivity contribution in [2.45, 2.75) is 6.54 Å². The number of aromatic hydroxyl groups is 6. The van der Waals surface area contributed by atoms with Crippen molar-refractivity contribution >= 4 is 17.9 Å². The van der Waals surface area contributed by atoms with E-state index in [1.165, 1.54) is 36.4 Å². The molecule has 0 spiro atoms. The molecule has 8 nitrogen and oxygen atoms in total. The second kappa shape index (κ2) is 9.21. The number of piperidine rings is 1. The molecular formula is C26H23NO7. The number of carbonyl (C=O) groups excluding carboxylic acids is 1. The first-order chi connectivity index (χ1) is 16.2. The van der Waals surface area contributed by atoms with Gasteiger partial charge in [-0.25, -0.2) is 0 Å². The molecule has 6 N–H and O–H groups in total. The number of hydrogen-bond donors (Lipinski definition) is 6. The number of nitrogens with zero attached hydrogens (tertiary/aromatic N) is 1. The highest BCUT2D eigenvalue weighted by Gasteiger charge is 2.26. The first kappa shape index (κ1) is 22.8. The van der Waals surface area contributed by atoms with Crippen LogP contribution in [0.4, 0.5) is 0 Å². The summed E-state index contributed by atoms with van der Waals surface area (Å²) >= 11 is 0. The van der Waals surface area contributed by atoms with Gasteiger partial charge in [0.15, 0.2) is 40.3 Å². The molecule has 1 aliphatic rings. The van der Waals surface area contributed by atoms with Gasteiger partial charge in [0.25, 0.3) is 0 Å². The van der Waals surface area contributed by atoms with Crippen molar-refractivity contribution in [1.82, 2.24) is 4.90 Å². The molecular weight excluding hydrogens is 438 g/mol. The summed E-state index contributed by atoms with van der Waals surface area (Å²) in [4.78, 5) is 15.3. The van der Waals surface area contributed by atoms with E-state index in [2.05, 4.69) is 0 Å². The molecule has 0 saturated carbocycles. The average Bonchev–Trinajstić information content (AvgIpc) is 2.79. The summed E-state index contributed by atoms with van der Waals surface area (Å²) in [6.45, 7) is 1.13. The quantitative estimate of drug-likeness (QED) is 0.256. The van der Waals surface area contributed by atoms with Crippen molar-refractivity contribution in [2.24, 2.45) is 0 Å². The van der Waals surface area contributed by atoms with Gasteiger partial charge in [-0.2, -0.15) is 0 Å². The summed E-state index contributed by atoms with van der Waals surface area (Å²) in [5.74, 6) is -3.62. The smallest absolute Gasteiger partial charge is 0.200 e. The highest BCUT2D eigenvalue weighted by atomic mass is 16.3. The predicted octanol–water partition coefficient (Wildman–Crippen LogP) is 3.47. The molecule has 1 aliphatic heterocycles. The Hall–Kier alpha value is -4.43. The molecule has 34 heavy (non-hydrogen) atoms. The van der Waals surface area contributed by atoms with Crippen LogP contribution in [-0.2, 0) is 11.3 Å². The van der Waals surface area contributed by atoms with Gasteiger partial charge in [0, 0.05) is 30.8 Å². The fraction of sp³-hybridized carbons (Fsp3) is 0.115. The minimum absolute atomic E-state index is 0.288. The zero-order valence-electron chi connectivity index (χ0n) is 18.0. The third kappa shape index (κ3) is 4.82. The van der Waals surface area contributed by atoms with E-state index < -0.39 is 34.5 Å². The fourth-order valence-corrected chi connectivity index (χ4v) is 3.88. The summed E-state index contributed by atoms with van der Waals surface area (Å²) in [6.07, 6.45) is 3.05. The summed E-state index contributed by atoms with van der Waals surface area (Å²) in [6, 6.07) is 14.6. The first-order valence-corrected chi connectivity index (χ1v) is 10.4. The van der Waals surface area contributed by atoms with E-state index in [9.17, 15) is 35.4 Å². The normalized spacial score (nSPS) is 16.9. The van der Waals surface area contributed by atoms with Crippen LogP contribution in [0.25, 0.3) is 12.2 Å². The maximum Gasteiger partial charge on any atom is 0.200 e. The van der Waals surface area contributed by atoms with Gasteiger partial charge in [0.05, 0.1) is 0 Å². The topological polar surface area (TPSA) is 142 Å². The number of carbonyl (C=O) groups is 1. The first-order valence-electron chi connectivity index (χ1n) is 10.4. The van der Waals surface area contributed by atoms with E-state index in [0.717, 1.165) is 5.56 Å². The largest absolute Gasteiger partial charge is 0.504 e. The van der Waals surface area contributed by atoms with Gasteiger partial charge >= 0.3 is 0 Å². The Bertz CT molecular complexity index is 1190. The summed E-state index contributed by atoms with van der Waals surface area (Å²) in [5, 5.41) is 58.5. The van der Waals surface area contributed by atoms with Gasteiger partial charge in [-0.05, 0) is 53.1 Å². The number of likely N-dealkylation sites (tertiary alicyclic amines) is 1. The molecule has 3 aromatic rings. The average molecular weight is 461 g/mol. The lowest BCUT2D eigenvalue weighted by Gasteiger charge is -2.30. The minimum atomic E-state index is -0.643. The van der Waals surface area contributed by atoms with E-state index in [4.69, 9.17) is 0 Å². The van der Waals surface area contributed by atoms with Gasteiger partial charge in [0.1, 0.15) is 0 Å². The summed E-state index contributed by atoms with van der Waals surface area (Å²) < 4.78 is 0. The van der Waals surface area contributed by atoms with Crippen LogP contribution in [0.5, 0.6) is 34.5 Å². The molecule has 0 aromatic heterocycles. The molecule has 4 rings (SSSR count). The number of benzene rings is 3. The molecule has 1 saturated heterocycles. The maximum absolute atomic E-state index is 13.3. The van der Waals surface area contributed by atoms with E-state index in [1.807, 2.05) is 35.2 Å². The van der Waals surface area contributed by atoms with Crippen LogP contribution >= 0.6 is 0 Å². The minimum Gasteiger partial charge on any atom is -0.504 e. The molecule has 1 fully saturated rings. The van der Waals surface area contributed by atoms with Crippen LogP contribution in [0.1, 0.15) is 16.7 Å². The van der Waals surface area contributed by atoms with Crippen LogP contribution in [0.3, 0.4) is 0 Å². The molecule has 0 unspecified atom stereocenters. The standard InChI is InChI=1S/C26H23NO7/c28-20-8-16(9-21(29)25(20)33)6-18-13-27(12-15-4-2-1-3-5-15)14-19(24(18)32)7-17-10-22(30)26(34)23(31)11-17/h1-11,28-31,33-34H,12-14H2/b18-6+,19-7+. The van der Waals surface area contributed by atoms with Gasteiger partial charge < -0.3 is 30.6 Å². The second-order valence-corrected chi connectivity index (χ2v) is 8.11. The van der Waals surface area contributed by atoms with Crippen molar-refractivity contribution in [3.05, 3.63) is 82.4 Å². The Balaban J connectivity index is 1.74. The molecule has 8 heteroatoms. The van der Waals surface area contributed by atoms with Crippen molar-refractivity contribution in [2.75, 3.05) is 13.1 Å². The molecule has 0 radical (unpaired) electrons. The maximum atomic E-state index is 13.3. The molecule has 1 heterocycles. The van der Waals surface area contributed by atoms with E-state index in [0.29, 0.717) is 41.9 Å². The van der Waals surface area contributed by atoms with Crippen LogP contribution in [-0.4, -0.2) is 54.4 Å². The van der Waals surface area contributed by atoms with Gasteiger partial charge in [-0.1, -0.05) is 30.3 Å². The van der Waals surface area contributed by atoms with Gasteiger partial charge in [0.2, 0.25) is 0 Å². The predicted molar refractivity (Wildman–Crippen MR) is 126 cm³/mol. The number of Topliss-reactive ketones (excluding diaryl/α,β-unsaturated/α-hetero) is 1. The molecule has 0 atom stereocenters. The van der Waals surface area contributed by atoms with Crippen LogP contribution in [0.15, 0.2) is 65.7 Å². The lowest BCUT2D eigenvalue weighted by molar-refractivity contribution is -0.113. The Morgan fingerprint density at radius 3 is 1.50 bits per heavy atom. The summed E-state index contributed by atoms with van der Waals surface area (Å²) in [5.41, 5.74) is 2.46. The number of ketones is 1. The zero-order chi connectivity index (χ0) is 24.4. The van der Waals surface area contributed by atoms with Gasteiger partial charge in [-0.3, -0.25) is 9.69 Å². The number of rotatable bonds is 4. The zero-order valence-corrected chi connectivity index (χ0v) is 18.0. The van der Waals surface area contributed by atoms with Crippen LogP contribution in [0, 0.1) is 0 Å². The third-order valence-electron chi connectivity index (χ3n) is 5.49. The number of hydrogen-bond acceptors (Lipinski definition) is 8. The molecule has 0 bridgehead atoms. The Kier molecular flexibility index (Phi) is 6.16. The van der Waals surface area contributed by atoms with E-state index >= 15 is 0 Å². The summed E-state index contributed by atoms with van der Waals surface area (Å²) in [7, 11) is 0. The number of phenols is 6. The molecule has 0 aliphatic carbocycles. The molecule has 0 amide bonds. The molecule has 174 valence electrons. The number of phenolic OH excluding ortho intramolecular Hbond substituents is 6.